The van der Waals surface area contributed by atoms with Crippen molar-refractivity contribution in [3.8, 4) is 0 Å². The van der Waals surface area contributed by atoms with Gasteiger partial charge in [0, 0.05) is 32.0 Å². The number of nitrogens with one attached hydrogen (secondary N) is 2. The topological polar surface area (TPSA) is 100 Å². The van der Waals surface area contributed by atoms with Crippen molar-refractivity contribution < 1.29 is 9.59 Å². The molecule has 1 aliphatic heterocycles. The van der Waals surface area contributed by atoms with Crippen LogP contribution >= 0.6 is 11.3 Å². The zero-order valence-corrected chi connectivity index (χ0v) is 13.8. The van der Waals surface area contributed by atoms with Gasteiger partial charge in [-0.25, -0.2) is 4.79 Å². The minimum atomic E-state index is -0.230. The van der Waals surface area contributed by atoms with Gasteiger partial charge in [-0.3, -0.25) is 9.78 Å². The molecule has 9 heteroatoms. The average molecular weight is 346 g/mol. The van der Waals surface area contributed by atoms with E-state index in [2.05, 4.69) is 25.8 Å². The molecule has 1 aliphatic rings. The third-order valence-electron chi connectivity index (χ3n) is 3.84. The first-order valence-electron chi connectivity index (χ1n) is 7.71. The Kier molecular flexibility index (Phi) is 5.32. The maximum atomic E-state index is 12.3. The molecule has 3 rings (SSSR count). The predicted octanol–water partition coefficient (Wildman–Crippen LogP) is 1.49. The van der Waals surface area contributed by atoms with Gasteiger partial charge in [-0.2, -0.15) is 0 Å². The largest absolute Gasteiger partial charge is 0.334 e. The number of hydrogen-bond donors (Lipinski definition) is 2. The maximum absolute atomic E-state index is 12.3. The van der Waals surface area contributed by atoms with Crippen LogP contribution < -0.4 is 10.6 Å². The number of anilines is 1. The smallest absolute Gasteiger partial charge is 0.317 e. The molecule has 1 fully saturated rings. The van der Waals surface area contributed by atoms with Gasteiger partial charge in [0.2, 0.25) is 11.0 Å². The Balaban J connectivity index is 1.51. The molecule has 0 spiro atoms. The highest BCUT2D eigenvalue weighted by atomic mass is 32.1. The Hall–Kier alpha value is -2.55. The summed E-state index contributed by atoms with van der Waals surface area (Å²) in [5.41, 5.74) is 2.50. The van der Waals surface area contributed by atoms with Crippen LogP contribution in [0.25, 0.3) is 0 Å². The average Bonchev–Trinajstić information content (AvgIpc) is 3.13. The fraction of sp³-hybridized carbons (Fsp3) is 0.400. The molecule has 0 aliphatic carbocycles. The summed E-state index contributed by atoms with van der Waals surface area (Å²) in [4.78, 5) is 30.3. The number of rotatable bonds is 4. The highest BCUT2D eigenvalue weighted by Crippen LogP contribution is 2.19. The highest BCUT2D eigenvalue weighted by molar-refractivity contribution is 7.13. The molecule has 0 unspecified atom stereocenters. The van der Waals surface area contributed by atoms with Crippen molar-refractivity contribution in [1.82, 2.24) is 25.4 Å². The van der Waals surface area contributed by atoms with E-state index in [-0.39, 0.29) is 17.9 Å². The molecule has 3 amide bonds. The van der Waals surface area contributed by atoms with Crippen molar-refractivity contribution in [2.24, 2.45) is 5.92 Å². The number of urea groups is 1. The number of aromatic nitrogens is 3. The molecule has 1 saturated heterocycles. The minimum Gasteiger partial charge on any atom is -0.334 e. The molecule has 0 saturated carbocycles. The van der Waals surface area contributed by atoms with Crippen LogP contribution in [0.3, 0.4) is 0 Å². The van der Waals surface area contributed by atoms with Gasteiger partial charge in [-0.1, -0.05) is 17.4 Å². The van der Waals surface area contributed by atoms with E-state index in [4.69, 9.17) is 0 Å². The molecular weight excluding hydrogens is 328 g/mol. The Labute approximate surface area is 143 Å². The van der Waals surface area contributed by atoms with Gasteiger partial charge in [0.05, 0.1) is 5.92 Å². The number of pyridine rings is 1. The summed E-state index contributed by atoms with van der Waals surface area (Å²) >= 11 is 1.28. The molecule has 2 aromatic rings. The van der Waals surface area contributed by atoms with Crippen molar-refractivity contribution in [2.75, 3.05) is 18.4 Å². The molecule has 2 aromatic heterocycles. The van der Waals surface area contributed by atoms with Crippen molar-refractivity contribution in [1.29, 1.82) is 0 Å². The van der Waals surface area contributed by atoms with Crippen LogP contribution in [0.2, 0.25) is 0 Å². The van der Waals surface area contributed by atoms with E-state index in [9.17, 15) is 9.59 Å². The number of nitrogens with zero attached hydrogens (tertiary/aromatic N) is 4. The molecule has 0 radical (unpaired) electrons. The monoisotopic (exact) mass is 346 g/mol. The second kappa shape index (κ2) is 7.82. The first-order valence-corrected chi connectivity index (χ1v) is 8.59. The quantitative estimate of drug-likeness (QED) is 0.874. The SMILES string of the molecule is O=C(Nc1nncs1)[C@@H]1CCCN(C(=O)NCc2cccnc2)C1. The summed E-state index contributed by atoms with van der Waals surface area (Å²) in [6, 6.07) is 3.57. The Morgan fingerprint density at radius 2 is 2.33 bits per heavy atom. The third-order valence-corrected chi connectivity index (χ3v) is 4.44. The van der Waals surface area contributed by atoms with Gasteiger partial charge >= 0.3 is 6.03 Å². The molecule has 0 bridgehead atoms. The molecule has 0 aromatic carbocycles. The Morgan fingerprint density at radius 1 is 1.42 bits per heavy atom. The molecule has 3 heterocycles. The fourth-order valence-corrected chi connectivity index (χ4v) is 3.05. The van der Waals surface area contributed by atoms with E-state index in [0.29, 0.717) is 24.8 Å². The first-order chi connectivity index (χ1) is 11.7. The van der Waals surface area contributed by atoms with Gasteiger partial charge in [0.1, 0.15) is 5.51 Å². The summed E-state index contributed by atoms with van der Waals surface area (Å²) in [6.45, 7) is 1.48. The van der Waals surface area contributed by atoms with Crippen LogP contribution in [-0.2, 0) is 11.3 Å². The van der Waals surface area contributed by atoms with Crippen LogP contribution in [0.1, 0.15) is 18.4 Å². The van der Waals surface area contributed by atoms with Crippen LogP contribution in [0.4, 0.5) is 9.93 Å². The van der Waals surface area contributed by atoms with Crippen LogP contribution in [0, 0.1) is 5.92 Å². The normalized spacial score (nSPS) is 17.3. The summed E-state index contributed by atoms with van der Waals surface area (Å²) < 4.78 is 0. The molecule has 24 heavy (non-hydrogen) atoms. The van der Waals surface area contributed by atoms with E-state index in [1.54, 1.807) is 22.8 Å². The standard InChI is InChI=1S/C15H18N6O2S/c22-13(19-14-20-18-10-24-14)12-4-2-6-21(9-12)15(23)17-8-11-3-1-5-16-7-11/h1,3,5,7,10,12H,2,4,6,8-9H2,(H,17,23)(H,19,20,22)/t12-/m1/s1. The maximum Gasteiger partial charge on any atom is 0.317 e. The second-order valence-electron chi connectivity index (χ2n) is 5.54. The lowest BCUT2D eigenvalue weighted by atomic mass is 9.97. The van der Waals surface area contributed by atoms with Gasteiger partial charge < -0.3 is 15.5 Å². The number of carbonyl (C=O) groups excluding carboxylic acids is 2. The zero-order chi connectivity index (χ0) is 16.8. The summed E-state index contributed by atoms with van der Waals surface area (Å²) in [5.74, 6) is -0.344. The lowest BCUT2D eigenvalue weighted by Gasteiger charge is -2.31. The van der Waals surface area contributed by atoms with E-state index >= 15 is 0 Å². The van der Waals surface area contributed by atoms with E-state index in [1.165, 1.54) is 11.3 Å². The van der Waals surface area contributed by atoms with Gasteiger partial charge in [-0.15, -0.1) is 10.2 Å². The molecular formula is C15H18N6O2S. The van der Waals surface area contributed by atoms with Gasteiger partial charge in [0.25, 0.3) is 0 Å². The third kappa shape index (κ3) is 4.25. The van der Waals surface area contributed by atoms with Gasteiger partial charge in [0.15, 0.2) is 0 Å². The lowest BCUT2D eigenvalue weighted by Crippen LogP contribution is -2.47. The van der Waals surface area contributed by atoms with Gasteiger partial charge in [-0.05, 0) is 24.5 Å². The van der Waals surface area contributed by atoms with Crippen LogP contribution in [0.15, 0.2) is 30.0 Å². The Bertz CT molecular complexity index is 679. The van der Waals surface area contributed by atoms with E-state index < -0.39 is 0 Å². The first kappa shape index (κ1) is 16.3. The van der Waals surface area contributed by atoms with E-state index in [1.807, 2.05) is 12.1 Å². The number of likely N-dealkylation sites (tertiary alicyclic amines) is 1. The minimum absolute atomic E-state index is 0.114. The number of hydrogen-bond acceptors (Lipinski definition) is 6. The number of amides is 3. The molecule has 1 atom stereocenters. The number of piperidine rings is 1. The second-order valence-corrected chi connectivity index (χ2v) is 6.37. The van der Waals surface area contributed by atoms with E-state index in [0.717, 1.165) is 18.4 Å². The molecule has 126 valence electrons. The summed E-state index contributed by atoms with van der Waals surface area (Å²) in [7, 11) is 0. The fourth-order valence-electron chi connectivity index (χ4n) is 2.60. The van der Waals surface area contributed by atoms with Crippen LogP contribution in [0.5, 0.6) is 0 Å². The predicted molar refractivity (Wildman–Crippen MR) is 89.3 cm³/mol. The summed E-state index contributed by atoms with van der Waals surface area (Å²) in [6.07, 6.45) is 4.97. The summed E-state index contributed by atoms with van der Waals surface area (Å²) in [5, 5.41) is 13.6. The number of carbonyl (C=O) groups is 2. The molecule has 8 nitrogen and oxygen atoms in total. The lowest BCUT2D eigenvalue weighted by molar-refractivity contribution is -0.121. The Morgan fingerprint density at radius 3 is 3.08 bits per heavy atom. The van der Waals surface area contributed by atoms with Crippen molar-refractivity contribution in [3.05, 3.63) is 35.6 Å². The van der Waals surface area contributed by atoms with Crippen molar-refractivity contribution >= 4 is 28.4 Å². The highest BCUT2D eigenvalue weighted by Gasteiger charge is 2.28. The zero-order valence-electron chi connectivity index (χ0n) is 13.0. The van der Waals surface area contributed by atoms with Crippen molar-refractivity contribution in [2.45, 2.75) is 19.4 Å². The molecule has 2 N–H and O–H groups in total. The van der Waals surface area contributed by atoms with Crippen molar-refractivity contribution in [3.63, 3.8) is 0 Å². The van der Waals surface area contributed by atoms with Crippen LogP contribution in [-0.4, -0.2) is 45.1 Å².